The van der Waals surface area contributed by atoms with Gasteiger partial charge in [-0.3, -0.25) is 0 Å². The van der Waals surface area contributed by atoms with Gasteiger partial charge < -0.3 is 10.5 Å². The summed E-state index contributed by atoms with van der Waals surface area (Å²) in [4.78, 5) is 7.54. The van der Waals surface area contributed by atoms with Crippen molar-refractivity contribution in [3.05, 3.63) is 41.4 Å². The zero-order valence-corrected chi connectivity index (χ0v) is 8.78. The van der Waals surface area contributed by atoms with E-state index in [1.54, 1.807) is 0 Å². The number of benzene rings is 1. The van der Waals surface area contributed by atoms with Gasteiger partial charge >= 0.3 is 0 Å². The van der Waals surface area contributed by atoms with Gasteiger partial charge in [-0.05, 0) is 18.2 Å². The third-order valence-corrected chi connectivity index (χ3v) is 2.07. The highest BCUT2D eigenvalue weighted by molar-refractivity contribution is 6.32. The molecule has 0 spiro atoms. The first-order chi connectivity index (χ1) is 7.65. The Kier molecular flexibility index (Phi) is 2.87. The number of anilines is 1. The number of nitrogens with two attached hydrogens (primary N) is 1. The molecule has 0 aliphatic carbocycles. The molecular weight excluding hydrogens is 233 g/mol. The molecule has 0 fully saturated rings. The van der Waals surface area contributed by atoms with Crippen molar-refractivity contribution < 1.29 is 9.13 Å². The van der Waals surface area contributed by atoms with Gasteiger partial charge in [0.1, 0.15) is 23.7 Å². The van der Waals surface area contributed by atoms with E-state index in [4.69, 9.17) is 22.1 Å². The van der Waals surface area contributed by atoms with Crippen LogP contribution in [0.3, 0.4) is 0 Å². The van der Waals surface area contributed by atoms with E-state index in [-0.39, 0.29) is 16.7 Å². The molecule has 0 saturated heterocycles. The van der Waals surface area contributed by atoms with Crippen molar-refractivity contribution in [2.24, 2.45) is 0 Å². The highest BCUT2D eigenvalue weighted by Crippen LogP contribution is 2.28. The van der Waals surface area contributed by atoms with Gasteiger partial charge in [0.05, 0.1) is 5.02 Å². The minimum Gasteiger partial charge on any atom is -0.437 e. The SMILES string of the molecule is Nc1cc(Oc2ccc(F)cc2Cl)ncn1. The fourth-order valence-corrected chi connectivity index (χ4v) is 1.29. The Labute approximate surface area is 95.9 Å². The van der Waals surface area contributed by atoms with Gasteiger partial charge in [0.25, 0.3) is 0 Å². The summed E-state index contributed by atoms with van der Waals surface area (Å²) in [6.45, 7) is 0. The van der Waals surface area contributed by atoms with Gasteiger partial charge in [-0.25, -0.2) is 14.4 Å². The van der Waals surface area contributed by atoms with E-state index in [0.29, 0.717) is 5.75 Å². The number of ether oxygens (including phenoxy) is 1. The molecule has 16 heavy (non-hydrogen) atoms. The van der Waals surface area contributed by atoms with E-state index in [0.717, 1.165) is 6.07 Å². The summed E-state index contributed by atoms with van der Waals surface area (Å²) in [5, 5.41) is 0.164. The Balaban J connectivity index is 2.27. The molecule has 4 nitrogen and oxygen atoms in total. The van der Waals surface area contributed by atoms with Crippen molar-refractivity contribution >= 4 is 17.4 Å². The van der Waals surface area contributed by atoms with Crippen LogP contribution in [0, 0.1) is 5.82 Å². The van der Waals surface area contributed by atoms with Crippen LogP contribution >= 0.6 is 11.6 Å². The van der Waals surface area contributed by atoms with Crippen molar-refractivity contribution in [1.29, 1.82) is 0 Å². The summed E-state index contributed by atoms with van der Waals surface area (Å²) in [5.74, 6) is 0.407. The van der Waals surface area contributed by atoms with Crippen LogP contribution in [0.25, 0.3) is 0 Å². The molecule has 1 heterocycles. The van der Waals surface area contributed by atoms with Crippen LogP contribution in [-0.2, 0) is 0 Å². The normalized spacial score (nSPS) is 10.1. The van der Waals surface area contributed by atoms with Gasteiger partial charge in [-0.15, -0.1) is 0 Å². The molecule has 0 aliphatic rings. The zero-order valence-electron chi connectivity index (χ0n) is 8.02. The van der Waals surface area contributed by atoms with Crippen molar-refractivity contribution in [3.63, 3.8) is 0 Å². The van der Waals surface area contributed by atoms with E-state index in [2.05, 4.69) is 9.97 Å². The molecule has 0 saturated carbocycles. The molecule has 0 unspecified atom stereocenters. The fraction of sp³-hybridized carbons (Fsp3) is 0. The summed E-state index contributed by atoms with van der Waals surface area (Å²) in [5.41, 5.74) is 5.45. The molecule has 0 amide bonds. The Morgan fingerprint density at radius 3 is 2.75 bits per heavy atom. The first-order valence-corrected chi connectivity index (χ1v) is 4.73. The lowest BCUT2D eigenvalue weighted by Gasteiger charge is -2.06. The monoisotopic (exact) mass is 239 g/mol. The van der Waals surface area contributed by atoms with Gasteiger partial charge in [0.15, 0.2) is 0 Å². The summed E-state index contributed by atoms with van der Waals surface area (Å²) < 4.78 is 18.1. The van der Waals surface area contributed by atoms with Gasteiger partial charge in [0.2, 0.25) is 5.88 Å². The topological polar surface area (TPSA) is 61.0 Å². The lowest BCUT2D eigenvalue weighted by molar-refractivity contribution is 0.460. The lowest BCUT2D eigenvalue weighted by Crippen LogP contribution is -1.94. The molecule has 2 rings (SSSR count). The van der Waals surface area contributed by atoms with Crippen LogP contribution in [0.1, 0.15) is 0 Å². The van der Waals surface area contributed by atoms with Crippen molar-refractivity contribution in [1.82, 2.24) is 9.97 Å². The number of hydrogen-bond acceptors (Lipinski definition) is 4. The number of nitrogens with zero attached hydrogens (tertiary/aromatic N) is 2. The van der Waals surface area contributed by atoms with Crippen LogP contribution in [0.2, 0.25) is 5.02 Å². The second kappa shape index (κ2) is 4.32. The average Bonchev–Trinajstić information content (AvgIpc) is 2.22. The van der Waals surface area contributed by atoms with Crippen LogP contribution < -0.4 is 10.5 Å². The standard InChI is InChI=1S/C10H7ClFN3O/c11-7-3-6(12)1-2-8(7)16-10-4-9(13)14-5-15-10/h1-5H,(H2,13,14,15). The zero-order chi connectivity index (χ0) is 11.5. The molecule has 1 aromatic heterocycles. The highest BCUT2D eigenvalue weighted by atomic mass is 35.5. The summed E-state index contributed by atoms with van der Waals surface area (Å²) >= 11 is 5.78. The predicted octanol–water partition coefficient (Wildman–Crippen LogP) is 2.64. The molecule has 2 N–H and O–H groups in total. The lowest BCUT2D eigenvalue weighted by atomic mass is 10.3. The molecule has 0 bridgehead atoms. The van der Waals surface area contributed by atoms with E-state index in [1.807, 2.05) is 0 Å². The molecule has 82 valence electrons. The quantitative estimate of drug-likeness (QED) is 0.875. The van der Waals surface area contributed by atoms with E-state index in [9.17, 15) is 4.39 Å². The summed E-state index contributed by atoms with van der Waals surface area (Å²) in [7, 11) is 0. The first kappa shape index (κ1) is 10.6. The highest BCUT2D eigenvalue weighted by Gasteiger charge is 2.05. The minimum absolute atomic E-state index is 0.164. The Hall–Kier alpha value is -1.88. The van der Waals surface area contributed by atoms with Gasteiger partial charge in [-0.1, -0.05) is 11.6 Å². The maximum atomic E-state index is 12.8. The fourth-order valence-electron chi connectivity index (χ4n) is 1.08. The Morgan fingerprint density at radius 1 is 1.25 bits per heavy atom. The molecule has 1 aromatic carbocycles. The smallest absolute Gasteiger partial charge is 0.224 e. The second-order valence-corrected chi connectivity index (χ2v) is 3.37. The maximum absolute atomic E-state index is 12.8. The van der Waals surface area contributed by atoms with Crippen LogP contribution in [-0.4, -0.2) is 9.97 Å². The summed E-state index contributed by atoms with van der Waals surface area (Å²) in [6, 6.07) is 5.25. The molecule has 6 heteroatoms. The predicted molar refractivity (Wildman–Crippen MR) is 57.9 cm³/mol. The minimum atomic E-state index is -0.431. The third kappa shape index (κ3) is 2.38. The average molecular weight is 240 g/mol. The van der Waals surface area contributed by atoms with Gasteiger partial charge in [0, 0.05) is 6.07 Å². The number of nitrogen functional groups attached to an aromatic ring is 1. The Morgan fingerprint density at radius 2 is 2.06 bits per heavy atom. The number of rotatable bonds is 2. The van der Waals surface area contributed by atoms with Crippen LogP contribution in [0.5, 0.6) is 11.6 Å². The van der Waals surface area contributed by atoms with Crippen molar-refractivity contribution in [2.45, 2.75) is 0 Å². The molecule has 2 aromatic rings. The molecule has 0 atom stereocenters. The molecular formula is C10H7ClFN3O. The van der Waals surface area contributed by atoms with Gasteiger partial charge in [-0.2, -0.15) is 0 Å². The molecule has 0 radical (unpaired) electrons. The number of aromatic nitrogens is 2. The Bertz CT molecular complexity index is 521. The van der Waals surface area contributed by atoms with Crippen LogP contribution in [0.4, 0.5) is 10.2 Å². The maximum Gasteiger partial charge on any atom is 0.224 e. The number of halogens is 2. The third-order valence-electron chi connectivity index (χ3n) is 1.77. The largest absolute Gasteiger partial charge is 0.437 e. The van der Waals surface area contributed by atoms with Crippen LogP contribution in [0.15, 0.2) is 30.6 Å². The van der Waals surface area contributed by atoms with Crippen molar-refractivity contribution in [2.75, 3.05) is 5.73 Å². The number of hydrogen-bond donors (Lipinski definition) is 1. The van der Waals surface area contributed by atoms with Crippen molar-refractivity contribution in [3.8, 4) is 11.6 Å². The van der Waals surface area contributed by atoms with E-state index >= 15 is 0 Å². The second-order valence-electron chi connectivity index (χ2n) is 2.96. The summed E-state index contributed by atoms with van der Waals surface area (Å²) in [6.07, 6.45) is 1.27. The van der Waals surface area contributed by atoms with E-state index in [1.165, 1.54) is 24.5 Å². The molecule has 0 aliphatic heterocycles. The van der Waals surface area contributed by atoms with E-state index < -0.39 is 5.82 Å². The first-order valence-electron chi connectivity index (χ1n) is 4.35.